The van der Waals surface area contributed by atoms with E-state index in [2.05, 4.69) is 28.2 Å². The van der Waals surface area contributed by atoms with Gasteiger partial charge in [-0.05, 0) is 13.0 Å². The van der Waals surface area contributed by atoms with Crippen LogP contribution in [-0.4, -0.2) is 97.6 Å². The van der Waals surface area contributed by atoms with Crippen molar-refractivity contribution in [2.24, 2.45) is 5.73 Å². The minimum atomic E-state index is -1.04. The lowest BCUT2D eigenvalue weighted by molar-refractivity contribution is -0.272. The number of carbonyl (C=O) groups excluding carboxylic acids is 4. The fourth-order valence-corrected chi connectivity index (χ4v) is 5.47. The molecule has 5 rings (SSSR count). The van der Waals surface area contributed by atoms with Gasteiger partial charge in [-0.3, -0.25) is 14.5 Å². The average Bonchev–Trinajstić information content (AvgIpc) is 3.47. The number of hydrogen-bond acceptors (Lipinski definition) is 14. The molecule has 3 atom stereocenters. The summed E-state index contributed by atoms with van der Waals surface area (Å²) in [6, 6.07) is 0.169. The molecule has 0 radical (unpaired) electrons. The van der Waals surface area contributed by atoms with Gasteiger partial charge >= 0.3 is 12.3 Å². The van der Waals surface area contributed by atoms with Gasteiger partial charge in [0.25, 0.3) is 17.6 Å². The number of hydrogen-bond donors (Lipinski definition) is 1. The van der Waals surface area contributed by atoms with Gasteiger partial charge in [0.15, 0.2) is 6.04 Å². The molecule has 0 aliphatic carbocycles. The highest BCUT2D eigenvalue weighted by Gasteiger charge is 2.65. The lowest BCUT2D eigenvalue weighted by Gasteiger charge is -2.50. The fourth-order valence-electron chi connectivity index (χ4n) is 4.38. The Bertz CT molecular complexity index is 1460. The van der Waals surface area contributed by atoms with Crippen molar-refractivity contribution < 1.29 is 43.0 Å². The molecule has 2 aromatic heterocycles. The Kier molecular flexibility index (Phi) is 7.42. The van der Waals surface area contributed by atoms with Crippen LogP contribution in [0.15, 0.2) is 47.9 Å². The number of fused-ring (bicyclic) bond motifs is 1. The van der Waals surface area contributed by atoms with Crippen molar-refractivity contribution in [1.29, 1.82) is 0 Å². The monoisotopic (exact) mass is 573 g/mol. The van der Waals surface area contributed by atoms with Crippen LogP contribution in [-0.2, 0) is 28.6 Å². The maximum Gasteiger partial charge on any atom is 0.528 e. The second kappa shape index (κ2) is 10.9. The van der Waals surface area contributed by atoms with E-state index in [4.69, 9.17) is 29.5 Å². The molecular formula is C23H23N7O9S. The highest BCUT2D eigenvalue weighted by molar-refractivity contribution is 7.99. The molecule has 0 saturated carbocycles. The minimum absolute atomic E-state index is 0.0488. The molecule has 0 bridgehead atoms. The van der Waals surface area contributed by atoms with Gasteiger partial charge in [-0.2, -0.15) is 9.50 Å². The standard InChI is InChI=1S/C23H23N7O9S/c1-4-6-35-22(33)38-20-12(9-40-13-8-11(3)25-21-26-18(17(24)31)27-30(13)21)16-14-15(19(32)29(14)20)28(10-37-16)39-23(34)36-7-5-2/h4-5,8,14-16H,1-2,6-7,9-10H2,3H3,(H2,24,31)/t14-,15-,16?/m0/s1. The molecule has 2 amide bonds. The molecule has 16 nitrogen and oxygen atoms in total. The Morgan fingerprint density at radius 2 is 1.93 bits per heavy atom. The molecule has 5 heterocycles. The highest BCUT2D eigenvalue weighted by atomic mass is 32.2. The van der Waals surface area contributed by atoms with E-state index >= 15 is 0 Å². The van der Waals surface area contributed by atoms with Gasteiger partial charge in [0.2, 0.25) is 11.7 Å². The Labute approximate surface area is 230 Å². The van der Waals surface area contributed by atoms with Crippen LogP contribution in [0, 0.1) is 6.92 Å². The van der Waals surface area contributed by atoms with Crippen LogP contribution in [0.25, 0.3) is 5.78 Å². The van der Waals surface area contributed by atoms with E-state index in [1.807, 2.05) is 0 Å². The highest BCUT2D eigenvalue weighted by Crippen LogP contribution is 2.46. The number of β-lactam (4-membered cyclic amide) rings is 1. The fraction of sp³-hybridized carbons (Fsp3) is 0.348. The normalized spacial score (nSPS) is 21.5. The second-order valence-corrected chi connectivity index (χ2v) is 9.53. The van der Waals surface area contributed by atoms with Crippen molar-refractivity contribution in [2.75, 3.05) is 25.7 Å². The van der Waals surface area contributed by atoms with Gasteiger partial charge < -0.3 is 29.5 Å². The average molecular weight is 574 g/mol. The Morgan fingerprint density at radius 1 is 1.20 bits per heavy atom. The topological polar surface area (TPSA) is 190 Å². The number of primary amides is 1. The first kappa shape index (κ1) is 27.1. The molecule has 2 fully saturated rings. The predicted octanol–water partition coefficient (Wildman–Crippen LogP) is 0.680. The first-order valence-electron chi connectivity index (χ1n) is 11.8. The summed E-state index contributed by atoms with van der Waals surface area (Å²) in [6.45, 7) is 8.26. The third-order valence-electron chi connectivity index (χ3n) is 5.96. The number of aromatic nitrogens is 4. The summed E-state index contributed by atoms with van der Waals surface area (Å²) < 4.78 is 22.6. The number of hydroxylamine groups is 2. The Hall–Kier alpha value is -4.48. The molecule has 2 saturated heterocycles. The summed E-state index contributed by atoms with van der Waals surface area (Å²) >= 11 is 1.25. The third kappa shape index (κ3) is 4.85. The maximum atomic E-state index is 13.2. The first-order chi connectivity index (χ1) is 19.2. The quantitative estimate of drug-likeness (QED) is 0.137. The molecular weight excluding hydrogens is 550 g/mol. The number of nitrogens with two attached hydrogens (primary N) is 1. The number of nitrogens with zero attached hydrogens (tertiary/aromatic N) is 6. The van der Waals surface area contributed by atoms with Crippen molar-refractivity contribution in [3.63, 3.8) is 0 Å². The summed E-state index contributed by atoms with van der Waals surface area (Å²) in [5.74, 6) is -1.21. The van der Waals surface area contributed by atoms with E-state index in [1.54, 1.807) is 13.0 Å². The SMILES string of the molecule is C=CCOC(=O)OC1=C(CSc2cc(C)nc3nc(C(N)=O)nn23)C2OCN(OC(=O)OCC=C)[C@@H]3C(=O)N1[C@H]23. The molecule has 210 valence electrons. The number of ether oxygens (including phenoxy) is 4. The van der Waals surface area contributed by atoms with E-state index in [-0.39, 0.29) is 43.2 Å². The molecule has 40 heavy (non-hydrogen) atoms. The van der Waals surface area contributed by atoms with Crippen LogP contribution in [0.5, 0.6) is 0 Å². The molecule has 2 aromatic rings. The predicted molar refractivity (Wildman–Crippen MR) is 133 cm³/mol. The van der Waals surface area contributed by atoms with Gasteiger partial charge in [0.05, 0.1) is 6.04 Å². The summed E-state index contributed by atoms with van der Waals surface area (Å²) in [7, 11) is 0. The number of aryl methyl sites for hydroxylation is 1. The number of carbonyl (C=O) groups is 4. The molecule has 3 aliphatic rings. The van der Waals surface area contributed by atoms with Crippen LogP contribution >= 0.6 is 11.8 Å². The Balaban J connectivity index is 1.42. The maximum absolute atomic E-state index is 13.2. The molecule has 0 aromatic carbocycles. The van der Waals surface area contributed by atoms with E-state index in [9.17, 15) is 19.2 Å². The van der Waals surface area contributed by atoms with E-state index in [0.717, 1.165) is 5.06 Å². The Morgan fingerprint density at radius 3 is 2.62 bits per heavy atom. The molecule has 2 N–H and O–H groups in total. The van der Waals surface area contributed by atoms with Crippen LogP contribution < -0.4 is 5.73 Å². The number of thioether (sulfide) groups is 1. The zero-order valence-corrected chi connectivity index (χ0v) is 21.9. The summed E-state index contributed by atoms with van der Waals surface area (Å²) in [5, 5.41) is 5.75. The molecule has 1 unspecified atom stereocenters. The number of rotatable bonds is 10. The van der Waals surface area contributed by atoms with E-state index in [1.165, 1.54) is 33.3 Å². The molecule has 0 spiro atoms. The van der Waals surface area contributed by atoms with Gasteiger partial charge in [-0.1, -0.05) is 30.4 Å². The van der Waals surface area contributed by atoms with E-state index in [0.29, 0.717) is 16.3 Å². The van der Waals surface area contributed by atoms with Gasteiger partial charge in [-0.15, -0.1) is 16.9 Å². The van der Waals surface area contributed by atoms with Gasteiger partial charge in [0.1, 0.15) is 31.1 Å². The largest absolute Gasteiger partial charge is 0.528 e. The van der Waals surface area contributed by atoms with Crippen molar-refractivity contribution in [3.05, 3.63) is 54.4 Å². The van der Waals surface area contributed by atoms with Crippen molar-refractivity contribution in [1.82, 2.24) is 29.5 Å². The van der Waals surface area contributed by atoms with Gasteiger partial charge in [0, 0.05) is 17.0 Å². The lowest BCUT2D eigenvalue weighted by atomic mass is 9.90. The van der Waals surface area contributed by atoms with Crippen molar-refractivity contribution in [3.8, 4) is 0 Å². The second-order valence-electron chi connectivity index (χ2n) is 8.54. The number of amides is 2. The van der Waals surface area contributed by atoms with Crippen LogP contribution in [0.3, 0.4) is 0 Å². The summed E-state index contributed by atoms with van der Waals surface area (Å²) in [6.07, 6.45) is -0.0359. The first-order valence-corrected chi connectivity index (χ1v) is 12.7. The van der Waals surface area contributed by atoms with Gasteiger partial charge in [-0.25, -0.2) is 14.6 Å². The van der Waals surface area contributed by atoms with E-state index < -0.39 is 42.3 Å². The summed E-state index contributed by atoms with van der Waals surface area (Å²) in [5.41, 5.74) is 6.39. The molecule has 17 heteroatoms. The van der Waals surface area contributed by atoms with Crippen LogP contribution in [0.2, 0.25) is 0 Å². The molecule has 3 aliphatic heterocycles. The van der Waals surface area contributed by atoms with Crippen LogP contribution in [0.4, 0.5) is 9.59 Å². The van der Waals surface area contributed by atoms with Crippen LogP contribution in [0.1, 0.15) is 16.3 Å². The minimum Gasteiger partial charge on any atom is -0.430 e. The third-order valence-corrected chi connectivity index (χ3v) is 7.01. The van der Waals surface area contributed by atoms with Crippen molar-refractivity contribution in [2.45, 2.75) is 30.1 Å². The zero-order valence-electron chi connectivity index (χ0n) is 21.0. The summed E-state index contributed by atoms with van der Waals surface area (Å²) in [4.78, 5) is 63.9. The smallest absolute Gasteiger partial charge is 0.430 e. The zero-order chi connectivity index (χ0) is 28.6. The van der Waals surface area contributed by atoms with Crippen molar-refractivity contribution >= 4 is 41.7 Å². The lowest BCUT2D eigenvalue weighted by Crippen LogP contribution is -2.74.